The molecule has 3 rings (SSSR count). The van der Waals surface area contributed by atoms with Gasteiger partial charge in [0.05, 0.1) is 17.0 Å². The standard InChI is InChI=1S/C16H19ClN2O3S2/c17-15-6-7-16(23-15)24(20,21)18-8-9-19-10-11-22-14(12-19)13-4-2-1-3-5-13/h1-7,14,18H,8-12H2. The maximum Gasteiger partial charge on any atom is 0.250 e. The normalized spacial score (nSPS) is 19.5. The second-order valence-corrected chi connectivity index (χ2v) is 9.24. The second-order valence-electron chi connectivity index (χ2n) is 5.53. The van der Waals surface area contributed by atoms with E-state index in [0.717, 1.165) is 30.0 Å². The molecule has 0 aliphatic carbocycles. The van der Waals surface area contributed by atoms with E-state index in [1.165, 1.54) is 6.07 Å². The van der Waals surface area contributed by atoms with Crippen LogP contribution in [0.3, 0.4) is 0 Å². The molecule has 1 aromatic carbocycles. The van der Waals surface area contributed by atoms with Gasteiger partial charge in [0, 0.05) is 26.2 Å². The van der Waals surface area contributed by atoms with Crippen LogP contribution in [0.4, 0.5) is 0 Å². The van der Waals surface area contributed by atoms with Crippen LogP contribution >= 0.6 is 22.9 Å². The Balaban J connectivity index is 1.51. The van der Waals surface area contributed by atoms with Crippen LogP contribution in [0, 0.1) is 0 Å². The number of ether oxygens (including phenoxy) is 1. The largest absolute Gasteiger partial charge is 0.371 e. The van der Waals surface area contributed by atoms with Gasteiger partial charge in [0.1, 0.15) is 4.21 Å². The van der Waals surface area contributed by atoms with Gasteiger partial charge in [-0.2, -0.15) is 0 Å². The molecule has 0 saturated carbocycles. The maximum atomic E-state index is 12.2. The number of hydrogen-bond acceptors (Lipinski definition) is 5. The molecule has 130 valence electrons. The van der Waals surface area contributed by atoms with Crippen molar-refractivity contribution >= 4 is 33.0 Å². The first-order chi connectivity index (χ1) is 11.5. The summed E-state index contributed by atoms with van der Waals surface area (Å²) in [6.07, 6.45) is 0.0349. The lowest BCUT2D eigenvalue weighted by Crippen LogP contribution is -2.42. The summed E-state index contributed by atoms with van der Waals surface area (Å²) in [6, 6.07) is 13.2. The molecule has 1 unspecified atom stereocenters. The fourth-order valence-electron chi connectivity index (χ4n) is 2.63. The summed E-state index contributed by atoms with van der Waals surface area (Å²) >= 11 is 6.86. The summed E-state index contributed by atoms with van der Waals surface area (Å²) in [6.45, 7) is 3.21. The van der Waals surface area contributed by atoms with Crippen LogP contribution in [0.5, 0.6) is 0 Å². The van der Waals surface area contributed by atoms with E-state index >= 15 is 0 Å². The van der Waals surface area contributed by atoms with Crippen LogP contribution < -0.4 is 4.72 Å². The molecule has 0 amide bonds. The fourth-order valence-corrected chi connectivity index (χ4v) is 5.17. The van der Waals surface area contributed by atoms with Crippen molar-refractivity contribution in [3.05, 3.63) is 52.4 Å². The van der Waals surface area contributed by atoms with Crippen LogP contribution in [0.15, 0.2) is 46.7 Å². The molecule has 2 aromatic rings. The monoisotopic (exact) mass is 386 g/mol. The van der Waals surface area contributed by atoms with E-state index in [4.69, 9.17) is 16.3 Å². The molecule has 1 atom stereocenters. The van der Waals surface area contributed by atoms with Crippen molar-refractivity contribution in [1.82, 2.24) is 9.62 Å². The second kappa shape index (κ2) is 7.95. The van der Waals surface area contributed by atoms with Crippen LogP contribution in [-0.4, -0.2) is 46.1 Å². The Hall–Kier alpha value is -0.960. The minimum absolute atomic E-state index is 0.0349. The molecule has 1 aliphatic rings. The number of benzene rings is 1. The molecule has 1 fully saturated rings. The minimum atomic E-state index is -3.48. The van der Waals surface area contributed by atoms with Gasteiger partial charge < -0.3 is 4.74 Å². The Morgan fingerprint density at radius 1 is 1.25 bits per heavy atom. The van der Waals surface area contributed by atoms with Crippen LogP contribution in [0.2, 0.25) is 4.34 Å². The van der Waals surface area contributed by atoms with E-state index < -0.39 is 10.0 Å². The highest BCUT2D eigenvalue weighted by molar-refractivity contribution is 7.91. The van der Waals surface area contributed by atoms with Crippen LogP contribution in [-0.2, 0) is 14.8 Å². The topological polar surface area (TPSA) is 58.6 Å². The SMILES string of the molecule is O=S(=O)(NCCN1CCOC(c2ccccc2)C1)c1ccc(Cl)s1. The predicted molar refractivity (Wildman–Crippen MR) is 96.1 cm³/mol. The lowest BCUT2D eigenvalue weighted by molar-refractivity contribution is -0.0291. The maximum absolute atomic E-state index is 12.2. The number of sulfonamides is 1. The molecule has 0 spiro atoms. The Labute approximate surface area is 151 Å². The molecule has 0 radical (unpaired) electrons. The summed E-state index contributed by atoms with van der Waals surface area (Å²) in [5, 5.41) is 0. The predicted octanol–water partition coefficient (Wildman–Crippen LogP) is 2.75. The molecule has 1 aliphatic heterocycles. The first-order valence-electron chi connectivity index (χ1n) is 7.68. The van der Waals surface area contributed by atoms with Crippen LogP contribution in [0.1, 0.15) is 11.7 Å². The van der Waals surface area contributed by atoms with Crippen molar-refractivity contribution < 1.29 is 13.2 Å². The molecule has 0 bridgehead atoms. The first-order valence-corrected chi connectivity index (χ1v) is 10.4. The third-order valence-corrected chi connectivity index (χ3v) is 7.04. The molecule has 1 N–H and O–H groups in total. The van der Waals surface area contributed by atoms with E-state index in [9.17, 15) is 8.42 Å². The summed E-state index contributed by atoms with van der Waals surface area (Å²) < 4.78 is 33.5. The first kappa shape index (κ1) is 17.8. The summed E-state index contributed by atoms with van der Waals surface area (Å²) in [4.78, 5) is 2.21. The molecule has 5 nitrogen and oxygen atoms in total. The number of rotatable bonds is 6. The molecular weight excluding hydrogens is 368 g/mol. The zero-order valence-corrected chi connectivity index (χ0v) is 15.4. The van der Waals surface area contributed by atoms with Crippen LogP contribution in [0.25, 0.3) is 0 Å². The molecular formula is C16H19ClN2O3S2. The van der Waals surface area contributed by atoms with E-state index in [0.29, 0.717) is 24.0 Å². The van der Waals surface area contributed by atoms with Crippen molar-refractivity contribution in [2.24, 2.45) is 0 Å². The van der Waals surface area contributed by atoms with Gasteiger partial charge in [-0.15, -0.1) is 11.3 Å². The van der Waals surface area contributed by atoms with Gasteiger partial charge in [-0.3, -0.25) is 4.90 Å². The average Bonchev–Trinajstić information content (AvgIpc) is 3.03. The number of nitrogens with one attached hydrogen (secondary N) is 1. The van der Waals surface area contributed by atoms with Crippen molar-refractivity contribution in [1.29, 1.82) is 0 Å². The summed E-state index contributed by atoms with van der Waals surface area (Å²) in [5.74, 6) is 0. The minimum Gasteiger partial charge on any atom is -0.371 e. The Morgan fingerprint density at radius 3 is 2.75 bits per heavy atom. The van der Waals surface area contributed by atoms with Gasteiger partial charge in [0.25, 0.3) is 0 Å². The molecule has 8 heteroatoms. The molecule has 1 aromatic heterocycles. The smallest absolute Gasteiger partial charge is 0.250 e. The third-order valence-electron chi connectivity index (χ3n) is 3.86. The quantitative estimate of drug-likeness (QED) is 0.829. The number of halogens is 1. The van der Waals surface area contributed by atoms with Gasteiger partial charge in [0.2, 0.25) is 10.0 Å². The van der Waals surface area contributed by atoms with E-state index in [1.54, 1.807) is 6.07 Å². The number of hydrogen-bond donors (Lipinski definition) is 1. The molecule has 1 saturated heterocycles. The molecule has 24 heavy (non-hydrogen) atoms. The Bertz CT molecular complexity index is 765. The third kappa shape index (κ3) is 4.56. The highest BCUT2D eigenvalue weighted by Gasteiger charge is 2.22. The van der Waals surface area contributed by atoms with Crippen molar-refractivity contribution in [2.45, 2.75) is 10.3 Å². The highest BCUT2D eigenvalue weighted by atomic mass is 35.5. The van der Waals surface area contributed by atoms with E-state index in [-0.39, 0.29) is 10.3 Å². The fraction of sp³-hybridized carbons (Fsp3) is 0.375. The average molecular weight is 387 g/mol. The van der Waals surface area contributed by atoms with Gasteiger partial charge in [-0.05, 0) is 17.7 Å². The van der Waals surface area contributed by atoms with Gasteiger partial charge in [0.15, 0.2) is 0 Å². The number of morpholine rings is 1. The lowest BCUT2D eigenvalue weighted by atomic mass is 10.1. The van der Waals surface area contributed by atoms with Gasteiger partial charge in [-0.25, -0.2) is 13.1 Å². The van der Waals surface area contributed by atoms with Crippen molar-refractivity contribution in [3.8, 4) is 0 Å². The van der Waals surface area contributed by atoms with Gasteiger partial charge >= 0.3 is 0 Å². The van der Waals surface area contributed by atoms with Gasteiger partial charge in [-0.1, -0.05) is 41.9 Å². The van der Waals surface area contributed by atoms with Crippen molar-refractivity contribution in [3.63, 3.8) is 0 Å². The van der Waals surface area contributed by atoms with Crippen molar-refractivity contribution in [2.75, 3.05) is 32.8 Å². The zero-order chi connectivity index (χ0) is 17.0. The highest BCUT2D eigenvalue weighted by Crippen LogP contribution is 2.25. The molecule has 2 heterocycles. The van der Waals surface area contributed by atoms with E-state index in [1.807, 2.05) is 18.2 Å². The number of thiophene rings is 1. The Kier molecular flexibility index (Phi) is 5.91. The Morgan fingerprint density at radius 2 is 2.04 bits per heavy atom. The lowest BCUT2D eigenvalue weighted by Gasteiger charge is -2.33. The van der Waals surface area contributed by atoms with E-state index in [2.05, 4.69) is 21.8 Å². The summed E-state index contributed by atoms with van der Waals surface area (Å²) in [7, 11) is -3.48. The zero-order valence-electron chi connectivity index (χ0n) is 13.0. The summed E-state index contributed by atoms with van der Waals surface area (Å²) in [5.41, 5.74) is 1.15. The number of nitrogens with zero attached hydrogens (tertiary/aromatic N) is 1.